The molecule has 0 bridgehead atoms. The Morgan fingerprint density at radius 1 is 1.12 bits per heavy atom. The molecule has 1 atom stereocenters. The van der Waals surface area contributed by atoms with E-state index in [2.05, 4.69) is 40.2 Å². The van der Waals surface area contributed by atoms with Crippen molar-refractivity contribution in [1.29, 1.82) is 0 Å². The fourth-order valence-electron chi connectivity index (χ4n) is 3.25. The van der Waals surface area contributed by atoms with E-state index in [1.54, 1.807) is 11.3 Å². The van der Waals surface area contributed by atoms with Crippen molar-refractivity contribution >= 4 is 21.6 Å². The highest BCUT2D eigenvalue weighted by Gasteiger charge is 2.16. The second kappa shape index (κ2) is 7.22. The molecular formula is C20H22N2O2S. The van der Waals surface area contributed by atoms with Gasteiger partial charge in [-0.2, -0.15) is 0 Å². The predicted octanol–water partition coefficient (Wildman–Crippen LogP) is 3.64. The molecule has 0 amide bonds. The van der Waals surface area contributed by atoms with E-state index < -0.39 is 6.10 Å². The highest BCUT2D eigenvalue weighted by atomic mass is 32.1. The number of aliphatic hydroxyl groups excluding tert-OH is 1. The number of hydrogen-bond donors (Lipinski definition) is 1. The van der Waals surface area contributed by atoms with Crippen molar-refractivity contribution < 1.29 is 9.84 Å². The van der Waals surface area contributed by atoms with Gasteiger partial charge in [-0.05, 0) is 35.7 Å². The highest BCUT2D eigenvalue weighted by Crippen LogP contribution is 2.28. The van der Waals surface area contributed by atoms with Crippen LogP contribution in [-0.2, 0) is 4.74 Å². The third-order valence-electron chi connectivity index (χ3n) is 4.66. The molecule has 5 heteroatoms. The average molecular weight is 354 g/mol. The molecule has 0 spiro atoms. The van der Waals surface area contributed by atoms with Crippen molar-refractivity contribution in [3.05, 3.63) is 53.0 Å². The molecule has 0 saturated carbocycles. The number of morpholine rings is 1. The van der Waals surface area contributed by atoms with E-state index in [9.17, 15) is 5.11 Å². The number of nitrogens with zero attached hydrogens (tertiary/aromatic N) is 2. The topological polar surface area (TPSA) is 45.6 Å². The van der Waals surface area contributed by atoms with Crippen LogP contribution >= 0.6 is 11.3 Å². The van der Waals surface area contributed by atoms with E-state index in [-0.39, 0.29) is 0 Å². The van der Waals surface area contributed by atoms with Gasteiger partial charge in [-0.25, -0.2) is 4.98 Å². The third-order valence-corrected chi connectivity index (χ3v) is 5.61. The first-order chi connectivity index (χ1) is 12.2. The lowest BCUT2D eigenvalue weighted by Gasteiger charge is -2.28. The second-order valence-corrected chi connectivity index (χ2v) is 7.70. The third kappa shape index (κ3) is 3.75. The summed E-state index contributed by atoms with van der Waals surface area (Å²) in [7, 11) is 0. The van der Waals surface area contributed by atoms with E-state index in [1.807, 2.05) is 19.1 Å². The molecule has 1 aromatic heterocycles. The summed E-state index contributed by atoms with van der Waals surface area (Å²) in [4.78, 5) is 6.82. The quantitative estimate of drug-likeness (QED) is 0.777. The van der Waals surface area contributed by atoms with Crippen molar-refractivity contribution in [3.63, 3.8) is 0 Å². The smallest absolute Gasteiger partial charge is 0.0916 e. The maximum absolute atomic E-state index is 10.5. The van der Waals surface area contributed by atoms with Gasteiger partial charge in [-0.15, -0.1) is 11.3 Å². The number of benzene rings is 2. The van der Waals surface area contributed by atoms with Gasteiger partial charge in [0.25, 0.3) is 0 Å². The van der Waals surface area contributed by atoms with Gasteiger partial charge < -0.3 is 9.84 Å². The Bertz CT molecular complexity index is 854. The first-order valence-electron chi connectivity index (χ1n) is 8.65. The van der Waals surface area contributed by atoms with Gasteiger partial charge in [0.2, 0.25) is 0 Å². The molecule has 2 aromatic carbocycles. The Morgan fingerprint density at radius 3 is 2.60 bits per heavy atom. The second-order valence-electron chi connectivity index (χ2n) is 6.47. The Kier molecular flexibility index (Phi) is 4.81. The van der Waals surface area contributed by atoms with Crippen molar-refractivity contribution in [2.45, 2.75) is 13.0 Å². The van der Waals surface area contributed by atoms with Crippen LogP contribution in [0.25, 0.3) is 21.3 Å². The lowest BCUT2D eigenvalue weighted by atomic mass is 10.0. The minimum absolute atomic E-state index is 0.462. The normalized spacial score (nSPS) is 17.0. The van der Waals surface area contributed by atoms with Gasteiger partial charge in [0.1, 0.15) is 0 Å². The fourth-order valence-corrected chi connectivity index (χ4v) is 4.06. The van der Waals surface area contributed by atoms with Gasteiger partial charge in [0.05, 0.1) is 34.5 Å². The van der Waals surface area contributed by atoms with Crippen LogP contribution in [0.1, 0.15) is 16.7 Å². The first-order valence-corrected chi connectivity index (χ1v) is 9.46. The zero-order valence-corrected chi connectivity index (χ0v) is 15.1. The molecule has 1 aliphatic heterocycles. The molecular weight excluding hydrogens is 332 g/mol. The molecule has 1 saturated heterocycles. The molecule has 25 heavy (non-hydrogen) atoms. The Hall–Kier alpha value is -1.79. The molecule has 3 aromatic rings. The van der Waals surface area contributed by atoms with Gasteiger partial charge in [-0.3, -0.25) is 4.90 Å². The van der Waals surface area contributed by atoms with Crippen molar-refractivity contribution in [2.24, 2.45) is 0 Å². The Morgan fingerprint density at radius 2 is 1.84 bits per heavy atom. The number of aryl methyl sites for hydroxylation is 1. The van der Waals surface area contributed by atoms with Crippen LogP contribution in [0.15, 0.2) is 42.5 Å². The van der Waals surface area contributed by atoms with Gasteiger partial charge in [0.15, 0.2) is 0 Å². The molecule has 1 unspecified atom stereocenters. The molecule has 0 aliphatic carbocycles. The number of rotatable bonds is 4. The maximum Gasteiger partial charge on any atom is 0.0916 e. The standard InChI is InChI=1S/C20H22N2O2S/c1-14-21-18-12-17(6-7-20(18)25-14)15-2-4-16(5-3-15)19(23)13-22-8-10-24-11-9-22/h2-7,12,19,23H,8-11,13H2,1H3. The minimum Gasteiger partial charge on any atom is -0.387 e. The fraction of sp³-hybridized carbons (Fsp3) is 0.350. The Labute approximate surface area is 151 Å². The number of ether oxygens (including phenoxy) is 1. The summed E-state index contributed by atoms with van der Waals surface area (Å²) in [5, 5.41) is 11.6. The zero-order valence-electron chi connectivity index (χ0n) is 14.3. The van der Waals surface area contributed by atoms with Crippen LogP contribution in [-0.4, -0.2) is 47.8 Å². The van der Waals surface area contributed by atoms with Crippen LogP contribution in [0, 0.1) is 6.92 Å². The molecule has 1 N–H and O–H groups in total. The van der Waals surface area contributed by atoms with Crippen molar-refractivity contribution in [3.8, 4) is 11.1 Å². The van der Waals surface area contributed by atoms with E-state index in [1.165, 1.54) is 4.70 Å². The minimum atomic E-state index is -0.462. The maximum atomic E-state index is 10.5. The molecule has 4 rings (SSSR count). The average Bonchev–Trinajstić information content (AvgIpc) is 3.02. The summed E-state index contributed by atoms with van der Waals surface area (Å²) >= 11 is 1.72. The number of thiazole rings is 1. The van der Waals surface area contributed by atoms with Crippen molar-refractivity contribution in [1.82, 2.24) is 9.88 Å². The highest BCUT2D eigenvalue weighted by molar-refractivity contribution is 7.18. The van der Waals surface area contributed by atoms with Crippen LogP contribution < -0.4 is 0 Å². The number of β-amino-alcohol motifs (C(OH)–C–C–N with tert-alkyl or cyclic N) is 1. The summed E-state index contributed by atoms with van der Waals surface area (Å²) in [6.45, 7) is 5.99. The summed E-state index contributed by atoms with van der Waals surface area (Å²) in [6.07, 6.45) is -0.462. The van der Waals surface area contributed by atoms with Crippen LogP contribution in [0.5, 0.6) is 0 Å². The molecule has 1 fully saturated rings. The van der Waals surface area contributed by atoms with E-state index in [0.717, 1.165) is 53.5 Å². The zero-order chi connectivity index (χ0) is 17.2. The number of hydrogen-bond acceptors (Lipinski definition) is 5. The first kappa shape index (κ1) is 16.7. The van der Waals surface area contributed by atoms with Crippen LogP contribution in [0.3, 0.4) is 0 Å². The van der Waals surface area contributed by atoms with E-state index in [4.69, 9.17) is 4.74 Å². The summed E-state index contributed by atoms with van der Waals surface area (Å²) in [6, 6.07) is 14.6. The van der Waals surface area contributed by atoms with Crippen LogP contribution in [0.4, 0.5) is 0 Å². The monoisotopic (exact) mass is 354 g/mol. The number of fused-ring (bicyclic) bond motifs is 1. The molecule has 2 heterocycles. The van der Waals surface area contributed by atoms with Gasteiger partial charge in [0, 0.05) is 19.6 Å². The van der Waals surface area contributed by atoms with Crippen LogP contribution in [0.2, 0.25) is 0 Å². The molecule has 4 nitrogen and oxygen atoms in total. The van der Waals surface area contributed by atoms with Crippen molar-refractivity contribution in [2.75, 3.05) is 32.8 Å². The van der Waals surface area contributed by atoms with Gasteiger partial charge in [-0.1, -0.05) is 30.3 Å². The summed E-state index contributed by atoms with van der Waals surface area (Å²) in [5.74, 6) is 0. The lowest BCUT2D eigenvalue weighted by Crippen LogP contribution is -2.38. The van der Waals surface area contributed by atoms with E-state index >= 15 is 0 Å². The predicted molar refractivity (Wildman–Crippen MR) is 102 cm³/mol. The molecule has 1 aliphatic rings. The Balaban J connectivity index is 1.50. The van der Waals surface area contributed by atoms with Gasteiger partial charge >= 0.3 is 0 Å². The number of aromatic nitrogens is 1. The number of aliphatic hydroxyl groups is 1. The molecule has 130 valence electrons. The lowest BCUT2D eigenvalue weighted by molar-refractivity contribution is 0.0143. The molecule has 0 radical (unpaired) electrons. The van der Waals surface area contributed by atoms with E-state index in [0.29, 0.717) is 6.54 Å². The SMILES string of the molecule is Cc1nc2cc(-c3ccc(C(O)CN4CCOCC4)cc3)ccc2s1. The summed E-state index contributed by atoms with van der Waals surface area (Å²) < 4.78 is 6.58. The largest absolute Gasteiger partial charge is 0.387 e. The summed E-state index contributed by atoms with van der Waals surface area (Å²) in [5.41, 5.74) is 4.32.